The van der Waals surface area contributed by atoms with E-state index >= 15 is 0 Å². The maximum Gasteiger partial charge on any atom is 0.270 e. The third-order valence-corrected chi connectivity index (χ3v) is 5.11. The summed E-state index contributed by atoms with van der Waals surface area (Å²) in [5.74, 6) is 0.427. The molecule has 0 aliphatic carbocycles. The first-order chi connectivity index (χ1) is 10.4. The minimum atomic E-state index is -3.32. The molecule has 10 heteroatoms. The number of non-ortho nitro benzene ring substituents is 1. The zero-order valence-corrected chi connectivity index (χ0v) is 12.6. The van der Waals surface area contributed by atoms with Gasteiger partial charge in [0.25, 0.3) is 5.69 Å². The van der Waals surface area contributed by atoms with Gasteiger partial charge in [0.1, 0.15) is 5.37 Å². The van der Waals surface area contributed by atoms with Crippen molar-refractivity contribution in [2.45, 2.75) is 5.37 Å². The standard InChI is InChI=1S/C12H15N5O4S/c1-22(20,21)11-7-13-4-5-16(11)12-9-6-8(17(18)19)2-3-10(9)14-15-12/h2-3,6,11,13H,4-5,7H2,1H3,(H,14,15). The van der Waals surface area contributed by atoms with Crippen LogP contribution in [0.1, 0.15) is 0 Å². The highest BCUT2D eigenvalue weighted by Crippen LogP contribution is 2.30. The first-order valence-corrected chi connectivity index (χ1v) is 8.62. The van der Waals surface area contributed by atoms with E-state index in [1.807, 2.05) is 0 Å². The van der Waals surface area contributed by atoms with Crippen LogP contribution >= 0.6 is 0 Å². The molecular formula is C12H15N5O4S. The molecule has 2 heterocycles. The summed E-state index contributed by atoms with van der Waals surface area (Å²) < 4.78 is 24.0. The maximum atomic E-state index is 12.0. The van der Waals surface area contributed by atoms with Gasteiger partial charge in [0.2, 0.25) is 0 Å². The zero-order valence-electron chi connectivity index (χ0n) is 11.8. The Morgan fingerprint density at radius 3 is 2.91 bits per heavy atom. The predicted octanol–water partition coefficient (Wildman–Crippen LogP) is 0.251. The summed E-state index contributed by atoms with van der Waals surface area (Å²) in [6, 6.07) is 4.37. The van der Waals surface area contributed by atoms with Crippen molar-refractivity contribution < 1.29 is 13.3 Å². The van der Waals surface area contributed by atoms with Gasteiger partial charge in [-0.05, 0) is 6.07 Å². The summed E-state index contributed by atoms with van der Waals surface area (Å²) in [5, 5.41) is 20.7. The van der Waals surface area contributed by atoms with Crippen LogP contribution in [0.25, 0.3) is 10.9 Å². The Morgan fingerprint density at radius 1 is 1.45 bits per heavy atom. The second-order valence-electron chi connectivity index (χ2n) is 5.22. The lowest BCUT2D eigenvalue weighted by molar-refractivity contribution is -0.384. The van der Waals surface area contributed by atoms with Crippen LogP contribution in [0.3, 0.4) is 0 Å². The van der Waals surface area contributed by atoms with Crippen LogP contribution in [0.2, 0.25) is 0 Å². The number of hydrogen-bond donors (Lipinski definition) is 2. The van der Waals surface area contributed by atoms with Gasteiger partial charge in [0.15, 0.2) is 15.7 Å². The number of H-pyrrole nitrogens is 1. The Labute approximate surface area is 126 Å². The summed E-state index contributed by atoms with van der Waals surface area (Å²) in [5.41, 5.74) is 0.576. The monoisotopic (exact) mass is 325 g/mol. The molecule has 1 unspecified atom stereocenters. The molecule has 0 amide bonds. The molecule has 22 heavy (non-hydrogen) atoms. The normalized spacial score (nSPS) is 19.5. The fraction of sp³-hybridized carbons (Fsp3) is 0.417. The quantitative estimate of drug-likeness (QED) is 0.613. The molecule has 0 bridgehead atoms. The topological polar surface area (TPSA) is 121 Å². The number of fused-ring (bicyclic) bond motifs is 1. The number of aromatic nitrogens is 2. The first-order valence-electron chi connectivity index (χ1n) is 6.66. The Hall–Kier alpha value is -2.20. The van der Waals surface area contributed by atoms with E-state index in [2.05, 4.69) is 15.5 Å². The Kier molecular flexibility index (Phi) is 3.49. The summed E-state index contributed by atoms with van der Waals surface area (Å²) in [6.07, 6.45) is 1.18. The van der Waals surface area contributed by atoms with Gasteiger partial charge < -0.3 is 10.2 Å². The lowest BCUT2D eigenvalue weighted by atomic mass is 10.2. The second-order valence-corrected chi connectivity index (χ2v) is 7.42. The van der Waals surface area contributed by atoms with Crippen molar-refractivity contribution in [3.8, 4) is 0 Å². The first kappa shape index (κ1) is 14.7. The van der Waals surface area contributed by atoms with E-state index in [1.54, 1.807) is 11.0 Å². The lowest BCUT2D eigenvalue weighted by Gasteiger charge is -2.35. The minimum absolute atomic E-state index is 0.0545. The number of hydrogen-bond acceptors (Lipinski definition) is 7. The highest BCUT2D eigenvalue weighted by atomic mass is 32.2. The fourth-order valence-corrected chi connectivity index (χ4v) is 3.71. The number of rotatable bonds is 3. The number of sulfone groups is 1. The van der Waals surface area contributed by atoms with E-state index in [0.717, 1.165) is 0 Å². The molecule has 1 aliphatic rings. The van der Waals surface area contributed by atoms with Gasteiger partial charge in [-0.2, -0.15) is 5.10 Å². The smallest absolute Gasteiger partial charge is 0.270 e. The number of nitrogens with zero attached hydrogens (tertiary/aromatic N) is 3. The van der Waals surface area contributed by atoms with Gasteiger partial charge in [-0.15, -0.1) is 0 Å². The molecule has 1 aromatic carbocycles. The van der Waals surface area contributed by atoms with Crippen molar-refractivity contribution in [2.75, 3.05) is 30.8 Å². The van der Waals surface area contributed by atoms with Crippen molar-refractivity contribution in [1.82, 2.24) is 15.5 Å². The van der Waals surface area contributed by atoms with Gasteiger partial charge >= 0.3 is 0 Å². The van der Waals surface area contributed by atoms with Crippen LogP contribution in [-0.2, 0) is 9.84 Å². The van der Waals surface area contributed by atoms with E-state index in [4.69, 9.17) is 0 Å². The van der Waals surface area contributed by atoms with Crippen molar-refractivity contribution in [3.63, 3.8) is 0 Å². The molecule has 1 aliphatic heterocycles. The molecule has 1 aromatic heterocycles. The molecule has 0 spiro atoms. The number of piperazine rings is 1. The molecule has 2 aromatic rings. The molecule has 3 rings (SSSR count). The number of nitrogens with one attached hydrogen (secondary N) is 2. The number of anilines is 1. The number of benzene rings is 1. The minimum Gasteiger partial charge on any atom is -0.335 e. The fourth-order valence-electron chi connectivity index (χ4n) is 2.62. The van der Waals surface area contributed by atoms with Gasteiger partial charge in [-0.1, -0.05) is 0 Å². The van der Waals surface area contributed by atoms with Gasteiger partial charge in [0.05, 0.1) is 15.8 Å². The van der Waals surface area contributed by atoms with Crippen molar-refractivity contribution >= 4 is 32.2 Å². The van der Waals surface area contributed by atoms with Gasteiger partial charge in [-0.25, -0.2) is 8.42 Å². The van der Waals surface area contributed by atoms with Crippen LogP contribution in [-0.4, -0.2) is 54.8 Å². The molecule has 1 atom stereocenters. The van der Waals surface area contributed by atoms with Gasteiger partial charge in [0, 0.05) is 38.0 Å². The number of aromatic amines is 1. The Bertz CT molecular complexity index is 831. The number of nitro benzene ring substituents is 1. The van der Waals surface area contributed by atoms with Crippen LogP contribution < -0.4 is 10.2 Å². The predicted molar refractivity (Wildman–Crippen MR) is 81.6 cm³/mol. The van der Waals surface area contributed by atoms with E-state index in [9.17, 15) is 18.5 Å². The average Bonchev–Trinajstić information content (AvgIpc) is 2.89. The van der Waals surface area contributed by atoms with Crippen molar-refractivity contribution in [3.05, 3.63) is 28.3 Å². The highest BCUT2D eigenvalue weighted by molar-refractivity contribution is 7.91. The molecule has 0 radical (unpaired) electrons. The molecule has 118 valence electrons. The summed E-state index contributed by atoms with van der Waals surface area (Å²) in [4.78, 5) is 12.1. The molecule has 9 nitrogen and oxygen atoms in total. The summed E-state index contributed by atoms with van der Waals surface area (Å²) in [6.45, 7) is 1.37. The molecule has 2 N–H and O–H groups in total. The SMILES string of the molecule is CS(=O)(=O)C1CNCCN1c1n[nH]c2ccc([N+](=O)[O-])cc12. The highest BCUT2D eigenvalue weighted by Gasteiger charge is 2.33. The summed E-state index contributed by atoms with van der Waals surface area (Å²) in [7, 11) is -3.32. The van der Waals surface area contributed by atoms with Crippen molar-refractivity contribution in [2.24, 2.45) is 0 Å². The van der Waals surface area contributed by atoms with E-state index in [-0.39, 0.29) is 5.69 Å². The van der Waals surface area contributed by atoms with E-state index in [0.29, 0.717) is 36.4 Å². The maximum absolute atomic E-state index is 12.0. The van der Waals surface area contributed by atoms with Crippen LogP contribution in [0.5, 0.6) is 0 Å². The third-order valence-electron chi connectivity index (χ3n) is 3.70. The average molecular weight is 325 g/mol. The van der Waals surface area contributed by atoms with Crippen LogP contribution in [0.4, 0.5) is 11.5 Å². The van der Waals surface area contributed by atoms with Crippen LogP contribution in [0.15, 0.2) is 18.2 Å². The second kappa shape index (κ2) is 5.21. The number of nitro groups is 1. The van der Waals surface area contributed by atoms with Crippen LogP contribution in [0, 0.1) is 10.1 Å². The summed E-state index contributed by atoms with van der Waals surface area (Å²) >= 11 is 0. The van der Waals surface area contributed by atoms with E-state index in [1.165, 1.54) is 18.4 Å². The van der Waals surface area contributed by atoms with E-state index < -0.39 is 20.1 Å². The largest absolute Gasteiger partial charge is 0.335 e. The Morgan fingerprint density at radius 2 is 2.23 bits per heavy atom. The zero-order chi connectivity index (χ0) is 15.9. The lowest BCUT2D eigenvalue weighted by Crippen LogP contribution is -2.55. The Balaban J connectivity index is 2.11. The molecule has 1 saturated heterocycles. The molecular weight excluding hydrogens is 310 g/mol. The van der Waals surface area contributed by atoms with Gasteiger partial charge in [-0.3, -0.25) is 15.2 Å². The third kappa shape index (κ3) is 2.50. The molecule has 1 fully saturated rings. The molecule has 0 saturated carbocycles. The van der Waals surface area contributed by atoms with Crippen molar-refractivity contribution in [1.29, 1.82) is 0 Å².